The van der Waals surface area contributed by atoms with Gasteiger partial charge in [0.2, 0.25) is 5.78 Å². The Morgan fingerprint density at radius 2 is 2.24 bits per heavy atom. The van der Waals surface area contributed by atoms with Gasteiger partial charge in [-0.1, -0.05) is 17.7 Å². The average Bonchev–Trinajstić information content (AvgIpc) is 2.72. The molecule has 88 valence electrons. The molecule has 1 heterocycles. The van der Waals surface area contributed by atoms with E-state index in [9.17, 15) is 4.79 Å². The maximum atomic E-state index is 11.8. The first-order chi connectivity index (χ1) is 8.16. The van der Waals surface area contributed by atoms with Crippen LogP contribution < -0.4 is 0 Å². The number of rotatable bonds is 4. The maximum Gasteiger partial charge on any atom is 0.209 e. The number of thioether (sulfide) groups is 1. The Hall–Kier alpha value is -0.710. The zero-order valence-electron chi connectivity index (χ0n) is 8.65. The number of benzene rings is 1. The van der Waals surface area contributed by atoms with Gasteiger partial charge < -0.3 is 4.42 Å². The lowest BCUT2D eigenvalue weighted by molar-refractivity contribution is 0.0991. The molecular weight excluding hydrogens is 324 g/mol. The summed E-state index contributed by atoms with van der Waals surface area (Å²) in [5, 5.41) is 0.668. The molecule has 0 radical (unpaired) electrons. The highest BCUT2D eigenvalue weighted by molar-refractivity contribution is 9.10. The lowest BCUT2D eigenvalue weighted by atomic mass is 10.3. The number of ketones is 1. The first-order valence-corrected chi connectivity index (χ1v) is 6.97. The van der Waals surface area contributed by atoms with Crippen LogP contribution in [0.1, 0.15) is 10.6 Å². The second-order valence-corrected chi connectivity index (χ2v) is 5.61. The van der Waals surface area contributed by atoms with E-state index in [0.29, 0.717) is 21.0 Å². The molecule has 0 atom stereocenters. The van der Waals surface area contributed by atoms with Crippen molar-refractivity contribution < 1.29 is 9.21 Å². The summed E-state index contributed by atoms with van der Waals surface area (Å²) in [7, 11) is 0. The Balaban J connectivity index is 1.99. The number of carbonyl (C=O) groups is 1. The third-order valence-corrected chi connectivity index (χ3v) is 3.89. The zero-order chi connectivity index (χ0) is 12.3. The number of Topliss-reactive ketones (excluding diaryl/α,β-unsaturated/α-hetero) is 1. The number of furan rings is 1. The molecule has 0 aliphatic carbocycles. The Morgan fingerprint density at radius 3 is 2.88 bits per heavy atom. The van der Waals surface area contributed by atoms with Crippen molar-refractivity contribution >= 4 is 45.1 Å². The molecule has 0 fully saturated rings. The topological polar surface area (TPSA) is 30.2 Å². The summed E-state index contributed by atoms with van der Waals surface area (Å²) < 4.78 is 5.79. The van der Waals surface area contributed by atoms with Crippen LogP contribution in [0.2, 0.25) is 5.02 Å². The van der Waals surface area contributed by atoms with Crippen molar-refractivity contribution in [2.24, 2.45) is 0 Å². The van der Waals surface area contributed by atoms with E-state index in [-0.39, 0.29) is 5.78 Å². The van der Waals surface area contributed by atoms with Gasteiger partial charge in [-0.3, -0.25) is 4.79 Å². The van der Waals surface area contributed by atoms with Gasteiger partial charge in [0.25, 0.3) is 0 Å². The summed E-state index contributed by atoms with van der Waals surface area (Å²) in [5.41, 5.74) is 0. The molecule has 0 saturated heterocycles. The minimum atomic E-state index is -0.0492. The van der Waals surface area contributed by atoms with Crippen LogP contribution in [0.5, 0.6) is 0 Å². The van der Waals surface area contributed by atoms with Crippen LogP contribution in [-0.4, -0.2) is 11.5 Å². The second-order valence-electron chi connectivity index (χ2n) is 3.27. The minimum absolute atomic E-state index is 0.0492. The Labute approximate surface area is 116 Å². The molecule has 0 unspecified atom stereocenters. The van der Waals surface area contributed by atoms with E-state index in [1.165, 1.54) is 18.0 Å². The highest BCUT2D eigenvalue weighted by Gasteiger charge is 2.13. The van der Waals surface area contributed by atoms with E-state index in [1.807, 2.05) is 18.2 Å². The SMILES string of the molecule is O=C(CSc1cccc(Cl)c1)c1occc1Br. The normalized spacial score (nSPS) is 10.5. The van der Waals surface area contributed by atoms with E-state index < -0.39 is 0 Å². The van der Waals surface area contributed by atoms with E-state index in [4.69, 9.17) is 16.0 Å². The standard InChI is InChI=1S/C12H8BrClO2S/c13-10-4-5-16-12(10)11(15)7-17-9-3-1-2-8(14)6-9/h1-6H,7H2. The summed E-state index contributed by atoms with van der Waals surface area (Å²) in [4.78, 5) is 12.8. The van der Waals surface area contributed by atoms with Gasteiger partial charge in [-0.25, -0.2) is 0 Å². The maximum absolute atomic E-state index is 11.8. The van der Waals surface area contributed by atoms with Crippen LogP contribution in [0.4, 0.5) is 0 Å². The number of halogens is 2. The zero-order valence-corrected chi connectivity index (χ0v) is 11.8. The second kappa shape index (κ2) is 5.76. The van der Waals surface area contributed by atoms with Crippen molar-refractivity contribution in [2.75, 3.05) is 5.75 Å². The number of carbonyl (C=O) groups excluding carboxylic acids is 1. The van der Waals surface area contributed by atoms with Crippen molar-refractivity contribution in [2.45, 2.75) is 4.90 Å². The molecule has 1 aromatic carbocycles. The highest BCUT2D eigenvalue weighted by Crippen LogP contribution is 2.24. The fourth-order valence-corrected chi connectivity index (χ4v) is 2.76. The van der Waals surface area contributed by atoms with E-state index in [1.54, 1.807) is 12.1 Å². The Morgan fingerprint density at radius 1 is 1.41 bits per heavy atom. The predicted molar refractivity (Wildman–Crippen MR) is 72.9 cm³/mol. The largest absolute Gasteiger partial charge is 0.460 e. The Kier molecular flexibility index (Phi) is 4.31. The molecule has 5 heteroatoms. The van der Waals surface area contributed by atoms with Gasteiger partial charge in [0, 0.05) is 9.92 Å². The van der Waals surface area contributed by atoms with Crippen molar-refractivity contribution in [3.05, 3.63) is 51.9 Å². The third kappa shape index (κ3) is 3.37. The predicted octanol–water partition coefficient (Wildman–Crippen LogP) is 4.67. The summed E-state index contributed by atoms with van der Waals surface area (Å²) in [6.45, 7) is 0. The average molecular weight is 332 g/mol. The third-order valence-electron chi connectivity index (χ3n) is 2.04. The van der Waals surface area contributed by atoms with Gasteiger partial charge in [-0.05, 0) is 40.2 Å². The molecule has 0 aliphatic heterocycles. The van der Waals surface area contributed by atoms with Gasteiger partial charge in [0.1, 0.15) is 0 Å². The van der Waals surface area contributed by atoms with Gasteiger partial charge in [-0.2, -0.15) is 0 Å². The molecule has 0 saturated carbocycles. The molecule has 2 nitrogen and oxygen atoms in total. The minimum Gasteiger partial charge on any atom is -0.460 e. The first kappa shape index (κ1) is 12.7. The van der Waals surface area contributed by atoms with Crippen LogP contribution in [0.3, 0.4) is 0 Å². The van der Waals surface area contributed by atoms with Crippen molar-refractivity contribution in [3.8, 4) is 0 Å². The molecule has 0 amide bonds. The van der Waals surface area contributed by atoms with Gasteiger partial charge in [-0.15, -0.1) is 11.8 Å². The highest BCUT2D eigenvalue weighted by atomic mass is 79.9. The smallest absolute Gasteiger partial charge is 0.209 e. The van der Waals surface area contributed by atoms with Crippen molar-refractivity contribution in [1.29, 1.82) is 0 Å². The van der Waals surface area contributed by atoms with Crippen molar-refractivity contribution in [1.82, 2.24) is 0 Å². The van der Waals surface area contributed by atoms with Crippen LogP contribution in [0, 0.1) is 0 Å². The van der Waals surface area contributed by atoms with Crippen molar-refractivity contribution in [3.63, 3.8) is 0 Å². The fourth-order valence-electron chi connectivity index (χ4n) is 1.26. The quantitative estimate of drug-likeness (QED) is 0.602. The molecule has 0 aliphatic rings. The summed E-state index contributed by atoms with van der Waals surface area (Å²) in [6, 6.07) is 9.11. The van der Waals surface area contributed by atoms with E-state index >= 15 is 0 Å². The van der Waals surface area contributed by atoms with E-state index in [2.05, 4.69) is 15.9 Å². The molecule has 0 N–H and O–H groups in total. The summed E-state index contributed by atoms with van der Waals surface area (Å²) in [6.07, 6.45) is 1.49. The van der Waals surface area contributed by atoms with Gasteiger partial charge in [0.05, 0.1) is 16.5 Å². The lowest BCUT2D eigenvalue weighted by Gasteiger charge is -2.00. The lowest BCUT2D eigenvalue weighted by Crippen LogP contribution is -2.01. The molecule has 0 spiro atoms. The molecule has 0 bridgehead atoms. The van der Waals surface area contributed by atoms with Crippen LogP contribution in [-0.2, 0) is 0 Å². The molecular formula is C12H8BrClO2S. The van der Waals surface area contributed by atoms with E-state index in [0.717, 1.165) is 4.90 Å². The number of hydrogen-bond acceptors (Lipinski definition) is 3. The monoisotopic (exact) mass is 330 g/mol. The van der Waals surface area contributed by atoms with Crippen LogP contribution in [0.15, 0.2) is 50.4 Å². The fraction of sp³-hybridized carbons (Fsp3) is 0.0833. The first-order valence-electron chi connectivity index (χ1n) is 4.81. The number of hydrogen-bond donors (Lipinski definition) is 0. The van der Waals surface area contributed by atoms with Gasteiger partial charge in [0.15, 0.2) is 5.76 Å². The molecule has 2 rings (SSSR count). The van der Waals surface area contributed by atoms with Crippen LogP contribution in [0.25, 0.3) is 0 Å². The molecule has 17 heavy (non-hydrogen) atoms. The van der Waals surface area contributed by atoms with Crippen LogP contribution >= 0.6 is 39.3 Å². The Bertz CT molecular complexity index is 539. The summed E-state index contributed by atoms with van der Waals surface area (Å²) >= 11 is 10.6. The van der Waals surface area contributed by atoms with Gasteiger partial charge >= 0.3 is 0 Å². The molecule has 1 aromatic heterocycles. The molecule has 2 aromatic rings. The summed E-state index contributed by atoms with van der Waals surface area (Å²) in [5.74, 6) is 0.637.